The van der Waals surface area contributed by atoms with Gasteiger partial charge in [0.25, 0.3) is 0 Å². The fourth-order valence-corrected chi connectivity index (χ4v) is 3.90. The summed E-state index contributed by atoms with van der Waals surface area (Å²) in [5.41, 5.74) is 8.75. The molecule has 1 nitrogen and oxygen atoms in total. The van der Waals surface area contributed by atoms with E-state index >= 15 is 0 Å². The van der Waals surface area contributed by atoms with Crippen LogP contribution in [0.4, 0.5) is 0 Å². The van der Waals surface area contributed by atoms with E-state index in [1.165, 1.54) is 54.5 Å². The SMILES string of the molecule is Cc1cc2c(cc1-c1ccc(CC(C)C)c[n+]1C)CCCCC2. The molecule has 1 heteroatoms. The van der Waals surface area contributed by atoms with Crippen LogP contribution in [0.3, 0.4) is 0 Å². The standard InChI is InChI=1S/C22H30N/c1-16(2)12-18-10-11-22(23(4)15-18)21-14-20-9-7-5-6-8-19(20)13-17(21)3/h10-11,13-16H,5-9,12H2,1-4H3/q+1. The van der Waals surface area contributed by atoms with Crippen molar-refractivity contribution in [1.82, 2.24) is 0 Å². The van der Waals surface area contributed by atoms with Gasteiger partial charge in [-0.3, -0.25) is 0 Å². The molecule has 0 fully saturated rings. The molecule has 1 heterocycles. The molecule has 0 amide bonds. The smallest absolute Gasteiger partial charge is 0.201 e. The molecule has 122 valence electrons. The molecule has 0 atom stereocenters. The van der Waals surface area contributed by atoms with E-state index in [4.69, 9.17) is 0 Å². The van der Waals surface area contributed by atoms with Crippen molar-refractivity contribution in [3.05, 3.63) is 52.7 Å². The largest absolute Gasteiger partial charge is 0.212 e. The first-order valence-electron chi connectivity index (χ1n) is 9.16. The molecule has 2 aromatic rings. The van der Waals surface area contributed by atoms with Crippen LogP contribution in [0, 0.1) is 12.8 Å². The maximum Gasteiger partial charge on any atom is 0.212 e. The molecular formula is C22H30N+. The van der Waals surface area contributed by atoms with Gasteiger partial charge in [0.2, 0.25) is 5.69 Å². The minimum atomic E-state index is 0.704. The second-order valence-electron chi connectivity index (χ2n) is 7.63. The average molecular weight is 308 g/mol. The highest BCUT2D eigenvalue weighted by Crippen LogP contribution is 2.29. The number of benzene rings is 1. The summed E-state index contributed by atoms with van der Waals surface area (Å²) in [6, 6.07) is 9.52. The van der Waals surface area contributed by atoms with Gasteiger partial charge in [0.15, 0.2) is 6.20 Å². The molecule has 1 aliphatic carbocycles. The van der Waals surface area contributed by atoms with Gasteiger partial charge >= 0.3 is 0 Å². The van der Waals surface area contributed by atoms with E-state index in [0.717, 1.165) is 6.42 Å². The zero-order chi connectivity index (χ0) is 16.4. The second-order valence-corrected chi connectivity index (χ2v) is 7.63. The first-order valence-corrected chi connectivity index (χ1v) is 9.16. The summed E-state index contributed by atoms with van der Waals surface area (Å²) in [6.45, 7) is 6.83. The van der Waals surface area contributed by atoms with Crippen molar-refractivity contribution in [2.75, 3.05) is 0 Å². The fraction of sp³-hybridized carbons (Fsp3) is 0.500. The van der Waals surface area contributed by atoms with Gasteiger partial charge in [0, 0.05) is 17.2 Å². The van der Waals surface area contributed by atoms with E-state index in [-0.39, 0.29) is 0 Å². The van der Waals surface area contributed by atoms with Crippen LogP contribution in [0.5, 0.6) is 0 Å². The molecule has 0 unspecified atom stereocenters. The topological polar surface area (TPSA) is 3.88 Å². The number of rotatable bonds is 3. The molecule has 0 spiro atoms. The van der Waals surface area contributed by atoms with Crippen LogP contribution in [0.15, 0.2) is 30.5 Å². The molecule has 0 saturated carbocycles. The van der Waals surface area contributed by atoms with E-state index < -0.39 is 0 Å². The number of fused-ring (bicyclic) bond motifs is 1. The molecule has 0 N–H and O–H groups in total. The van der Waals surface area contributed by atoms with Crippen molar-refractivity contribution in [2.24, 2.45) is 13.0 Å². The highest BCUT2D eigenvalue weighted by atomic mass is 14.9. The Morgan fingerprint density at radius 1 is 1.00 bits per heavy atom. The van der Waals surface area contributed by atoms with Gasteiger partial charge in [-0.1, -0.05) is 26.3 Å². The number of aryl methyl sites for hydroxylation is 4. The van der Waals surface area contributed by atoms with E-state index in [2.05, 4.69) is 62.8 Å². The number of hydrogen-bond acceptors (Lipinski definition) is 0. The highest BCUT2D eigenvalue weighted by Gasteiger charge is 2.17. The van der Waals surface area contributed by atoms with Crippen LogP contribution in [-0.4, -0.2) is 0 Å². The van der Waals surface area contributed by atoms with Crippen LogP contribution >= 0.6 is 0 Å². The normalized spacial score (nSPS) is 14.7. The summed E-state index contributed by atoms with van der Waals surface area (Å²) in [7, 11) is 2.18. The molecule has 0 bridgehead atoms. The molecule has 1 aliphatic rings. The molecular weight excluding hydrogens is 278 g/mol. The molecule has 3 rings (SSSR count). The molecule has 0 radical (unpaired) electrons. The molecule has 23 heavy (non-hydrogen) atoms. The summed E-state index contributed by atoms with van der Waals surface area (Å²) in [4.78, 5) is 0. The maximum atomic E-state index is 2.47. The van der Waals surface area contributed by atoms with Crippen LogP contribution in [-0.2, 0) is 26.3 Å². The van der Waals surface area contributed by atoms with Crippen LogP contribution in [0.2, 0.25) is 0 Å². The third kappa shape index (κ3) is 3.65. The minimum absolute atomic E-state index is 0.704. The summed E-state index contributed by atoms with van der Waals surface area (Å²) in [6.07, 6.45) is 10.0. The van der Waals surface area contributed by atoms with Gasteiger partial charge in [0.05, 0.1) is 0 Å². The number of pyridine rings is 1. The Hall–Kier alpha value is -1.63. The Morgan fingerprint density at radius 3 is 2.35 bits per heavy atom. The maximum absolute atomic E-state index is 2.47. The molecule has 1 aromatic heterocycles. The predicted octanol–water partition coefficient (Wildman–Crippen LogP) is 4.95. The van der Waals surface area contributed by atoms with Crippen molar-refractivity contribution in [3.8, 4) is 11.3 Å². The van der Waals surface area contributed by atoms with Crippen molar-refractivity contribution in [1.29, 1.82) is 0 Å². The number of nitrogens with zero attached hydrogens (tertiary/aromatic N) is 1. The third-order valence-corrected chi connectivity index (χ3v) is 5.05. The van der Waals surface area contributed by atoms with Gasteiger partial charge < -0.3 is 0 Å². The van der Waals surface area contributed by atoms with E-state index in [0.29, 0.717) is 5.92 Å². The summed E-state index contributed by atoms with van der Waals surface area (Å²) in [5, 5.41) is 0. The Labute approximate surface area is 141 Å². The molecule has 0 aliphatic heterocycles. The van der Waals surface area contributed by atoms with E-state index in [1.54, 1.807) is 11.1 Å². The average Bonchev–Trinajstić information content (AvgIpc) is 2.71. The molecule has 0 saturated heterocycles. The minimum Gasteiger partial charge on any atom is -0.201 e. The summed E-state index contributed by atoms with van der Waals surface area (Å²) in [5.74, 6) is 0.704. The van der Waals surface area contributed by atoms with Crippen molar-refractivity contribution in [2.45, 2.75) is 59.3 Å². The van der Waals surface area contributed by atoms with Gasteiger partial charge in [0.1, 0.15) is 7.05 Å². The van der Waals surface area contributed by atoms with Crippen molar-refractivity contribution in [3.63, 3.8) is 0 Å². The first kappa shape index (κ1) is 16.2. The number of aromatic nitrogens is 1. The zero-order valence-corrected chi connectivity index (χ0v) is 15.2. The van der Waals surface area contributed by atoms with Crippen molar-refractivity contribution >= 4 is 0 Å². The Morgan fingerprint density at radius 2 is 1.70 bits per heavy atom. The van der Waals surface area contributed by atoms with Gasteiger partial charge in [-0.15, -0.1) is 0 Å². The quantitative estimate of drug-likeness (QED) is 0.558. The second kappa shape index (κ2) is 6.86. The van der Waals surface area contributed by atoms with Gasteiger partial charge in [-0.25, -0.2) is 4.57 Å². The van der Waals surface area contributed by atoms with E-state index in [9.17, 15) is 0 Å². The number of hydrogen-bond donors (Lipinski definition) is 0. The van der Waals surface area contributed by atoms with Crippen molar-refractivity contribution < 1.29 is 4.57 Å². The predicted molar refractivity (Wildman–Crippen MR) is 97.6 cm³/mol. The summed E-state index contributed by atoms with van der Waals surface area (Å²) >= 11 is 0. The molecule has 1 aromatic carbocycles. The third-order valence-electron chi connectivity index (χ3n) is 5.05. The fourth-order valence-electron chi connectivity index (χ4n) is 3.90. The Balaban J connectivity index is 1.99. The lowest BCUT2D eigenvalue weighted by Gasteiger charge is -2.12. The first-order chi connectivity index (χ1) is 11.0. The van der Waals surface area contributed by atoms with Crippen LogP contribution < -0.4 is 4.57 Å². The lowest BCUT2D eigenvalue weighted by atomic mass is 9.94. The Bertz CT molecular complexity index is 697. The van der Waals surface area contributed by atoms with Crippen LogP contribution in [0.25, 0.3) is 11.3 Å². The lowest BCUT2D eigenvalue weighted by Crippen LogP contribution is -2.31. The monoisotopic (exact) mass is 308 g/mol. The highest BCUT2D eigenvalue weighted by molar-refractivity contribution is 5.63. The van der Waals surface area contributed by atoms with Gasteiger partial charge in [-0.05, 0) is 73.8 Å². The zero-order valence-electron chi connectivity index (χ0n) is 15.2. The van der Waals surface area contributed by atoms with E-state index in [1.807, 2.05) is 0 Å². The Kier molecular flexibility index (Phi) is 4.84. The van der Waals surface area contributed by atoms with Gasteiger partial charge in [-0.2, -0.15) is 0 Å². The van der Waals surface area contributed by atoms with Crippen LogP contribution in [0.1, 0.15) is 55.4 Å². The lowest BCUT2D eigenvalue weighted by molar-refractivity contribution is -0.660. The summed E-state index contributed by atoms with van der Waals surface area (Å²) < 4.78 is 2.31.